The predicted octanol–water partition coefficient (Wildman–Crippen LogP) is 1.78. The Balaban J connectivity index is 2.12. The molecule has 3 rings (SSSR count). The number of ether oxygens (including phenoxy) is 2. The summed E-state index contributed by atoms with van der Waals surface area (Å²) in [4.78, 5) is 7.38. The van der Waals surface area contributed by atoms with Gasteiger partial charge in [-0.05, 0) is 6.92 Å². The van der Waals surface area contributed by atoms with Crippen LogP contribution in [-0.2, 0) is 0 Å². The molecule has 0 fully saturated rings. The van der Waals surface area contributed by atoms with Crippen molar-refractivity contribution in [1.29, 1.82) is 0 Å². The third kappa shape index (κ3) is 1.82. The fraction of sp³-hybridized carbons (Fsp3) is 0.417. The lowest BCUT2D eigenvalue weighted by Gasteiger charge is -2.05. The number of nitrogens with one attached hydrogen (secondary N) is 1. The molecule has 1 aromatic carbocycles. The van der Waals surface area contributed by atoms with E-state index in [0.717, 1.165) is 29.0 Å². The van der Waals surface area contributed by atoms with Gasteiger partial charge in [0.15, 0.2) is 11.5 Å². The number of aromatic amines is 1. The minimum Gasteiger partial charge on any atom is -0.489 e. The fourth-order valence-corrected chi connectivity index (χ4v) is 1.88. The SMILES string of the molecule is CC(O)c1nc2cc3c(cc2[nH]1)OCCCO3. The Labute approximate surface area is 98.4 Å². The van der Waals surface area contributed by atoms with Crippen molar-refractivity contribution < 1.29 is 14.6 Å². The van der Waals surface area contributed by atoms with Crippen LogP contribution in [0.5, 0.6) is 11.5 Å². The Kier molecular flexibility index (Phi) is 2.40. The van der Waals surface area contributed by atoms with Crippen LogP contribution in [0.25, 0.3) is 11.0 Å². The zero-order chi connectivity index (χ0) is 11.8. The maximum Gasteiger partial charge on any atom is 0.163 e. The van der Waals surface area contributed by atoms with Crippen molar-refractivity contribution in [2.24, 2.45) is 0 Å². The molecule has 0 bridgehead atoms. The standard InChI is InChI=1S/C12H14N2O3/c1-7(15)12-13-8-5-10-11(6-9(8)14-12)17-4-2-3-16-10/h5-7,15H,2-4H2,1H3,(H,13,14). The number of aromatic nitrogens is 2. The topological polar surface area (TPSA) is 67.4 Å². The quantitative estimate of drug-likeness (QED) is 0.789. The summed E-state index contributed by atoms with van der Waals surface area (Å²) in [6.07, 6.45) is 0.277. The second-order valence-corrected chi connectivity index (χ2v) is 4.16. The monoisotopic (exact) mass is 234 g/mol. The van der Waals surface area contributed by atoms with Gasteiger partial charge in [0, 0.05) is 18.6 Å². The van der Waals surface area contributed by atoms with E-state index < -0.39 is 6.10 Å². The largest absolute Gasteiger partial charge is 0.489 e. The molecule has 1 unspecified atom stereocenters. The first-order valence-electron chi connectivity index (χ1n) is 5.71. The van der Waals surface area contributed by atoms with Crippen LogP contribution in [0.1, 0.15) is 25.3 Å². The Morgan fingerprint density at radius 2 is 2.00 bits per heavy atom. The van der Waals surface area contributed by atoms with E-state index >= 15 is 0 Å². The number of imidazole rings is 1. The number of aliphatic hydroxyl groups excluding tert-OH is 1. The van der Waals surface area contributed by atoms with Gasteiger partial charge in [-0.1, -0.05) is 0 Å². The Hall–Kier alpha value is -1.75. The van der Waals surface area contributed by atoms with Crippen molar-refractivity contribution in [2.75, 3.05) is 13.2 Å². The lowest BCUT2D eigenvalue weighted by Crippen LogP contribution is -1.97. The number of fused-ring (bicyclic) bond motifs is 2. The van der Waals surface area contributed by atoms with Gasteiger partial charge < -0.3 is 19.6 Å². The van der Waals surface area contributed by atoms with Crippen molar-refractivity contribution in [3.05, 3.63) is 18.0 Å². The van der Waals surface area contributed by atoms with Gasteiger partial charge in [0.25, 0.3) is 0 Å². The number of benzene rings is 1. The molecule has 0 saturated carbocycles. The number of hydrogen-bond donors (Lipinski definition) is 2. The molecule has 0 saturated heterocycles. The van der Waals surface area contributed by atoms with Gasteiger partial charge in [-0.2, -0.15) is 0 Å². The average molecular weight is 234 g/mol. The number of rotatable bonds is 1. The van der Waals surface area contributed by atoms with Crippen molar-refractivity contribution in [1.82, 2.24) is 9.97 Å². The van der Waals surface area contributed by atoms with E-state index in [0.29, 0.717) is 19.0 Å². The lowest BCUT2D eigenvalue weighted by atomic mass is 10.3. The summed E-state index contributed by atoms with van der Waals surface area (Å²) in [7, 11) is 0. The van der Waals surface area contributed by atoms with Crippen LogP contribution in [-0.4, -0.2) is 28.3 Å². The Morgan fingerprint density at radius 1 is 1.29 bits per heavy atom. The highest BCUT2D eigenvalue weighted by Crippen LogP contribution is 2.33. The zero-order valence-corrected chi connectivity index (χ0v) is 9.56. The normalized spacial score (nSPS) is 16.8. The van der Waals surface area contributed by atoms with Crippen LogP contribution in [0.4, 0.5) is 0 Å². The third-order valence-corrected chi connectivity index (χ3v) is 2.77. The Morgan fingerprint density at radius 3 is 2.71 bits per heavy atom. The van der Waals surface area contributed by atoms with Crippen molar-refractivity contribution in [3.8, 4) is 11.5 Å². The number of H-pyrrole nitrogens is 1. The van der Waals surface area contributed by atoms with Gasteiger partial charge in [-0.3, -0.25) is 0 Å². The molecule has 0 aliphatic carbocycles. The minimum atomic E-state index is -0.607. The highest BCUT2D eigenvalue weighted by atomic mass is 16.5. The molecule has 2 heterocycles. The fourth-order valence-electron chi connectivity index (χ4n) is 1.88. The van der Waals surface area contributed by atoms with E-state index in [4.69, 9.17) is 9.47 Å². The highest BCUT2D eigenvalue weighted by Gasteiger charge is 2.15. The third-order valence-electron chi connectivity index (χ3n) is 2.77. The van der Waals surface area contributed by atoms with Crippen LogP contribution in [0, 0.1) is 0 Å². The zero-order valence-electron chi connectivity index (χ0n) is 9.56. The van der Waals surface area contributed by atoms with E-state index in [-0.39, 0.29) is 0 Å². The summed E-state index contributed by atoms with van der Waals surface area (Å²) in [5.74, 6) is 2.01. The average Bonchev–Trinajstić information content (AvgIpc) is 2.58. The van der Waals surface area contributed by atoms with Crippen LogP contribution in [0.3, 0.4) is 0 Å². The molecule has 90 valence electrons. The van der Waals surface area contributed by atoms with Crippen LogP contribution < -0.4 is 9.47 Å². The molecule has 17 heavy (non-hydrogen) atoms. The van der Waals surface area contributed by atoms with E-state index in [1.807, 2.05) is 12.1 Å². The number of aliphatic hydroxyl groups is 1. The molecule has 1 aromatic heterocycles. The van der Waals surface area contributed by atoms with E-state index in [9.17, 15) is 5.11 Å². The molecule has 0 radical (unpaired) electrons. The van der Waals surface area contributed by atoms with Crippen LogP contribution >= 0.6 is 0 Å². The first-order valence-corrected chi connectivity index (χ1v) is 5.71. The maximum atomic E-state index is 9.48. The predicted molar refractivity (Wildman–Crippen MR) is 62.3 cm³/mol. The smallest absolute Gasteiger partial charge is 0.163 e. The molecule has 0 spiro atoms. The summed E-state index contributed by atoms with van der Waals surface area (Å²) in [6, 6.07) is 3.72. The van der Waals surface area contributed by atoms with Gasteiger partial charge >= 0.3 is 0 Å². The molecule has 2 aromatic rings. The van der Waals surface area contributed by atoms with Gasteiger partial charge in [0.05, 0.1) is 24.2 Å². The van der Waals surface area contributed by atoms with E-state index in [2.05, 4.69) is 9.97 Å². The number of nitrogens with zero attached hydrogens (tertiary/aromatic N) is 1. The summed E-state index contributed by atoms with van der Waals surface area (Å²) in [5.41, 5.74) is 1.63. The molecule has 1 atom stereocenters. The minimum absolute atomic E-state index is 0.556. The summed E-state index contributed by atoms with van der Waals surface area (Å²) >= 11 is 0. The van der Waals surface area contributed by atoms with Gasteiger partial charge in [-0.25, -0.2) is 4.98 Å². The molecule has 2 N–H and O–H groups in total. The summed E-state index contributed by atoms with van der Waals surface area (Å²) in [5, 5.41) is 9.48. The van der Waals surface area contributed by atoms with Crippen LogP contribution in [0.2, 0.25) is 0 Å². The van der Waals surface area contributed by atoms with Crippen molar-refractivity contribution >= 4 is 11.0 Å². The molecule has 1 aliphatic heterocycles. The second-order valence-electron chi connectivity index (χ2n) is 4.16. The summed E-state index contributed by atoms with van der Waals surface area (Å²) < 4.78 is 11.2. The van der Waals surface area contributed by atoms with Gasteiger partial charge in [0.2, 0.25) is 0 Å². The number of hydrogen-bond acceptors (Lipinski definition) is 4. The molecule has 5 nitrogen and oxygen atoms in total. The lowest BCUT2D eigenvalue weighted by molar-refractivity contribution is 0.190. The first-order chi connectivity index (χ1) is 8.24. The molecular weight excluding hydrogens is 220 g/mol. The molecular formula is C12H14N2O3. The Bertz CT molecular complexity index is 505. The highest BCUT2D eigenvalue weighted by molar-refractivity contribution is 5.79. The van der Waals surface area contributed by atoms with Crippen molar-refractivity contribution in [2.45, 2.75) is 19.4 Å². The van der Waals surface area contributed by atoms with E-state index in [1.54, 1.807) is 6.92 Å². The summed E-state index contributed by atoms with van der Waals surface area (Å²) in [6.45, 7) is 3.00. The van der Waals surface area contributed by atoms with Gasteiger partial charge in [-0.15, -0.1) is 0 Å². The molecule has 0 amide bonds. The van der Waals surface area contributed by atoms with E-state index in [1.165, 1.54) is 0 Å². The van der Waals surface area contributed by atoms with Gasteiger partial charge in [0.1, 0.15) is 11.9 Å². The van der Waals surface area contributed by atoms with Crippen molar-refractivity contribution in [3.63, 3.8) is 0 Å². The first kappa shape index (κ1) is 10.4. The second kappa shape index (κ2) is 3.92. The maximum absolute atomic E-state index is 9.48. The molecule has 5 heteroatoms. The van der Waals surface area contributed by atoms with Crippen LogP contribution in [0.15, 0.2) is 12.1 Å². The molecule has 1 aliphatic rings.